The number of aryl methyl sites for hydroxylation is 1. The smallest absolute Gasteiger partial charge is 0.0785 e. The summed E-state index contributed by atoms with van der Waals surface area (Å²) in [6, 6.07) is 19.8. The van der Waals surface area contributed by atoms with Gasteiger partial charge >= 0.3 is 0 Å². The van der Waals surface area contributed by atoms with Crippen LogP contribution in [0.3, 0.4) is 0 Å². The molecule has 0 saturated carbocycles. The van der Waals surface area contributed by atoms with Crippen molar-refractivity contribution in [2.45, 2.75) is 19.4 Å². The Morgan fingerprint density at radius 3 is 2.76 bits per heavy atom. The van der Waals surface area contributed by atoms with Crippen LogP contribution in [0.2, 0.25) is 0 Å². The molecule has 1 N–H and O–H groups in total. The number of hydrogen-bond donors (Lipinski definition) is 1. The highest BCUT2D eigenvalue weighted by Gasteiger charge is 2.26. The monoisotopic (exact) mass is 331 g/mol. The van der Waals surface area contributed by atoms with Gasteiger partial charge in [-0.05, 0) is 47.9 Å². The maximum atomic E-state index is 4.81. The Balaban J connectivity index is 1.89. The average molecular weight is 331 g/mol. The molecule has 1 unspecified atom stereocenters. The topological polar surface area (TPSA) is 28.2 Å². The van der Waals surface area contributed by atoms with Gasteiger partial charge in [0.1, 0.15) is 0 Å². The molecule has 3 heteroatoms. The zero-order valence-corrected chi connectivity index (χ0v) is 14.8. The Hall–Kier alpha value is -2.23. The molecular formula is C22H25N3. The molecule has 128 valence electrons. The first kappa shape index (κ1) is 16.2. The Morgan fingerprint density at radius 2 is 1.84 bits per heavy atom. The number of rotatable bonds is 3. The SMILES string of the molecule is Cc1cccnc1C(c1cccc2ccccc12)N1CCCNCC1. The van der Waals surface area contributed by atoms with Crippen LogP contribution in [-0.4, -0.2) is 36.1 Å². The molecule has 1 aliphatic rings. The van der Waals surface area contributed by atoms with Crippen LogP contribution in [0.4, 0.5) is 0 Å². The standard InChI is InChI=1S/C22H25N3/c1-17-7-5-13-24-21(17)22(25-15-6-12-23-14-16-25)20-11-4-9-18-8-2-3-10-19(18)20/h2-5,7-11,13,22-23H,6,12,14-16H2,1H3. The lowest BCUT2D eigenvalue weighted by atomic mass is 9.93. The van der Waals surface area contributed by atoms with Crippen molar-refractivity contribution in [1.29, 1.82) is 0 Å². The lowest BCUT2D eigenvalue weighted by molar-refractivity contribution is 0.238. The zero-order valence-electron chi connectivity index (χ0n) is 14.8. The van der Waals surface area contributed by atoms with Crippen LogP contribution in [0, 0.1) is 6.92 Å². The van der Waals surface area contributed by atoms with Crippen LogP contribution >= 0.6 is 0 Å². The van der Waals surface area contributed by atoms with E-state index in [1.807, 2.05) is 12.3 Å². The second kappa shape index (κ2) is 7.34. The molecule has 25 heavy (non-hydrogen) atoms. The molecule has 0 radical (unpaired) electrons. The van der Waals surface area contributed by atoms with Crippen molar-refractivity contribution in [3.8, 4) is 0 Å². The van der Waals surface area contributed by atoms with Crippen LogP contribution in [0.25, 0.3) is 10.8 Å². The van der Waals surface area contributed by atoms with Crippen molar-refractivity contribution in [3.63, 3.8) is 0 Å². The maximum Gasteiger partial charge on any atom is 0.0785 e. The summed E-state index contributed by atoms with van der Waals surface area (Å²) in [5, 5.41) is 6.15. The zero-order chi connectivity index (χ0) is 17.1. The van der Waals surface area contributed by atoms with Gasteiger partial charge in [-0.25, -0.2) is 0 Å². The predicted molar refractivity (Wildman–Crippen MR) is 104 cm³/mol. The molecule has 0 aliphatic carbocycles. The van der Waals surface area contributed by atoms with E-state index in [-0.39, 0.29) is 6.04 Å². The van der Waals surface area contributed by atoms with Crippen molar-refractivity contribution >= 4 is 10.8 Å². The van der Waals surface area contributed by atoms with E-state index in [2.05, 4.69) is 65.7 Å². The third kappa shape index (κ3) is 3.30. The normalized spacial score (nSPS) is 17.3. The first-order valence-corrected chi connectivity index (χ1v) is 9.18. The largest absolute Gasteiger partial charge is 0.315 e. The van der Waals surface area contributed by atoms with Crippen LogP contribution in [0.1, 0.15) is 29.3 Å². The third-order valence-corrected chi connectivity index (χ3v) is 5.17. The van der Waals surface area contributed by atoms with Crippen molar-refractivity contribution in [2.75, 3.05) is 26.2 Å². The van der Waals surface area contributed by atoms with Crippen LogP contribution < -0.4 is 5.32 Å². The number of nitrogens with zero attached hydrogens (tertiary/aromatic N) is 2. The van der Waals surface area contributed by atoms with Crippen molar-refractivity contribution < 1.29 is 0 Å². The lowest BCUT2D eigenvalue weighted by Crippen LogP contribution is -2.34. The fourth-order valence-corrected chi connectivity index (χ4v) is 3.91. The Labute approximate surface area is 149 Å². The van der Waals surface area contributed by atoms with Gasteiger partial charge in [-0.1, -0.05) is 48.5 Å². The first-order chi connectivity index (χ1) is 12.3. The van der Waals surface area contributed by atoms with Crippen LogP contribution in [-0.2, 0) is 0 Å². The fourth-order valence-electron chi connectivity index (χ4n) is 3.91. The molecule has 1 fully saturated rings. The molecule has 2 heterocycles. The highest BCUT2D eigenvalue weighted by Crippen LogP contribution is 2.34. The van der Waals surface area contributed by atoms with E-state index in [1.54, 1.807) is 0 Å². The number of benzene rings is 2. The van der Waals surface area contributed by atoms with E-state index in [1.165, 1.54) is 34.0 Å². The van der Waals surface area contributed by atoms with Gasteiger partial charge in [-0.15, -0.1) is 0 Å². The van der Waals surface area contributed by atoms with E-state index in [4.69, 9.17) is 4.98 Å². The highest BCUT2D eigenvalue weighted by atomic mass is 15.2. The summed E-state index contributed by atoms with van der Waals surface area (Å²) < 4.78 is 0. The summed E-state index contributed by atoms with van der Waals surface area (Å²) >= 11 is 0. The molecule has 0 spiro atoms. The molecule has 3 aromatic rings. The number of fused-ring (bicyclic) bond motifs is 1. The van der Waals surface area contributed by atoms with E-state index in [0.29, 0.717) is 0 Å². The number of hydrogen-bond acceptors (Lipinski definition) is 3. The number of aromatic nitrogens is 1. The predicted octanol–water partition coefficient (Wildman–Crippen LogP) is 3.93. The summed E-state index contributed by atoms with van der Waals surface area (Å²) in [5.41, 5.74) is 3.81. The second-order valence-corrected chi connectivity index (χ2v) is 6.82. The molecule has 0 amide bonds. The third-order valence-electron chi connectivity index (χ3n) is 5.17. The van der Waals surface area contributed by atoms with Gasteiger partial charge in [0.05, 0.1) is 11.7 Å². The summed E-state index contributed by atoms with van der Waals surface area (Å²) in [6.45, 7) is 6.45. The number of nitrogens with one attached hydrogen (secondary N) is 1. The quantitative estimate of drug-likeness (QED) is 0.788. The molecule has 0 bridgehead atoms. The molecule has 1 aromatic heterocycles. The Morgan fingerprint density at radius 1 is 0.960 bits per heavy atom. The maximum absolute atomic E-state index is 4.81. The molecule has 2 aromatic carbocycles. The van der Waals surface area contributed by atoms with Gasteiger partial charge in [0.25, 0.3) is 0 Å². The van der Waals surface area contributed by atoms with E-state index >= 15 is 0 Å². The minimum atomic E-state index is 0.201. The van der Waals surface area contributed by atoms with Gasteiger partial charge in [-0.3, -0.25) is 9.88 Å². The summed E-state index contributed by atoms with van der Waals surface area (Å²) in [5.74, 6) is 0. The molecular weight excluding hydrogens is 306 g/mol. The van der Waals surface area contributed by atoms with E-state index in [9.17, 15) is 0 Å². The minimum Gasteiger partial charge on any atom is -0.315 e. The van der Waals surface area contributed by atoms with Crippen LogP contribution in [0.15, 0.2) is 60.8 Å². The first-order valence-electron chi connectivity index (χ1n) is 9.18. The minimum absolute atomic E-state index is 0.201. The van der Waals surface area contributed by atoms with Gasteiger partial charge in [-0.2, -0.15) is 0 Å². The van der Waals surface area contributed by atoms with E-state index in [0.717, 1.165) is 26.2 Å². The van der Waals surface area contributed by atoms with Gasteiger partial charge in [0, 0.05) is 25.8 Å². The van der Waals surface area contributed by atoms with Gasteiger partial charge in [0.15, 0.2) is 0 Å². The summed E-state index contributed by atoms with van der Waals surface area (Å²) in [4.78, 5) is 7.40. The van der Waals surface area contributed by atoms with Crippen molar-refractivity contribution in [2.24, 2.45) is 0 Å². The lowest BCUT2D eigenvalue weighted by Gasteiger charge is -2.32. The Kier molecular flexibility index (Phi) is 4.77. The highest BCUT2D eigenvalue weighted by molar-refractivity contribution is 5.86. The average Bonchev–Trinajstić information content (AvgIpc) is 2.93. The second-order valence-electron chi connectivity index (χ2n) is 6.82. The van der Waals surface area contributed by atoms with Crippen molar-refractivity contribution in [3.05, 3.63) is 77.6 Å². The van der Waals surface area contributed by atoms with Crippen LogP contribution in [0.5, 0.6) is 0 Å². The van der Waals surface area contributed by atoms with E-state index < -0.39 is 0 Å². The molecule has 1 saturated heterocycles. The molecule has 1 atom stereocenters. The summed E-state index contributed by atoms with van der Waals surface area (Å²) in [6.07, 6.45) is 3.10. The molecule has 3 nitrogen and oxygen atoms in total. The molecule has 4 rings (SSSR count). The molecule has 1 aliphatic heterocycles. The number of pyridine rings is 1. The Bertz CT molecular complexity index is 845. The summed E-state index contributed by atoms with van der Waals surface area (Å²) in [7, 11) is 0. The van der Waals surface area contributed by atoms with Crippen molar-refractivity contribution in [1.82, 2.24) is 15.2 Å². The van der Waals surface area contributed by atoms with Gasteiger partial charge < -0.3 is 5.32 Å². The fraction of sp³-hybridized carbons (Fsp3) is 0.318. The van der Waals surface area contributed by atoms with Gasteiger partial charge in [0.2, 0.25) is 0 Å².